The van der Waals surface area contributed by atoms with Gasteiger partial charge in [-0.15, -0.1) is 0 Å². The molecule has 0 saturated carbocycles. The van der Waals surface area contributed by atoms with E-state index in [1.807, 2.05) is 43.5 Å². The van der Waals surface area contributed by atoms with E-state index in [0.717, 1.165) is 16.8 Å². The molecule has 0 aliphatic rings. The number of carbonyl (C=O) groups is 1. The monoisotopic (exact) mass is 325 g/mol. The topological polar surface area (TPSA) is 64.9 Å². The first-order valence-corrected chi connectivity index (χ1v) is 7.80. The second-order valence-electron chi connectivity index (χ2n) is 5.17. The van der Waals surface area contributed by atoms with E-state index >= 15 is 0 Å². The Kier molecular flexibility index (Phi) is 4.96. The molecule has 2 heterocycles. The van der Waals surface area contributed by atoms with E-state index < -0.39 is 0 Å². The number of amides is 1. The van der Waals surface area contributed by atoms with Crippen LogP contribution in [0.1, 0.15) is 12.5 Å². The number of hydrogen-bond donors (Lipinski definition) is 1. The van der Waals surface area contributed by atoms with Crippen molar-refractivity contribution >= 4 is 11.4 Å². The van der Waals surface area contributed by atoms with Crippen molar-refractivity contribution in [3.8, 4) is 11.5 Å². The number of carbonyl (C=O) groups excluding carboxylic acids is 1. The number of nitrogens with one attached hydrogen (secondary N) is 1. The Morgan fingerprint density at radius 2 is 1.88 bits per heavy atom. The Morgan fingerprint density at radius 3 is 2.62 bits per heavy atom. The third-order valence-electron chi connectivity index (χ3n) is 3.49. The van der Waals surface area contributed by atoms with Crippen molar-refractivity contribution in [2.75, 3.05) is 13.2 Å². The molecule has 0 bridgehead atoms. The van der Waals surface area contributed by atoms with Gasteiger partial charge in [-0.1, -0.05) is 6.07 Å². The van der Waals surface area contributed by atoms with E-state index in [2.05, 4.69) is 10.4 Å². The summed E-state index contributed by atoms with van der Waals surface area (Å²) in [7, 11) is 0. The molecule has 24 heavy (non-hydrogen) atoms. The van der Waals surface area contributed by atoms with E-state index in [1.54, 1.807) is 22.8 Å². The van der Waals surface area contributed by atoms with Gasteiger partial charge in [-0.05, 0) is 43.3 Å². The molecule has 6 nitrogen and oxygen atoms in total. The lowest BCUT2D eigenvalue weighted by Crippen LogP contribution is -2.28. The minimum Gasteiger partial charge on any atom is -0.494 e. The van der Waals surface area contributed by atoms with Gasteiger partial charge in [0.2, 0.25) is 0 Å². The van der Waals surface area contributed by atoms with Crippen LogP contribution in [0.2, 0.25) is 0 Å². The van der Waals surface area contributed by atoms with Crippen molar-refractivity contribution in [2.24, 2.45) is 0 Å². The second-order valence-corrected chi connectivity index (χ2v) is 5.17. The Hall–Kier alpha value is -3.02. The zero-order valence-electron chi connectivity index (χ0n) is 13.4. The second kappa shape index (κ2) is 7.50. The summed E-state index contributed by atoms with van der Waals surface area (Å²) in [5.41, 5.74) is 1.94. The van der Waals surface area contributed by atoms with Crippen LogP contribution in [0.3, 0.4) is 0 Å². The minimum absolute atomic E-state index is 0.0345. The van der Waals surface area contributed by atoms with Gasteiger partial charge in [0.25, 0.3) is 5.91 Å². The summed E-state index contributed by atoms with van der Waals surface area (Å²) < 4.78 is 12.6. The Morgan fingerprint density at radius 1 is 1.12 bits per heavy atom. The minimum atomic E-state index is -0.181. The Bertz CT molecular complexity index is 812. The fraction of sp³-hybridized carbons (Fsp3) is 0.222. The van der Waals surface area contributed by atoms with Crippen LogP contribution in [0.4, 0.5) is 0 Å². The first-order chi connectivity index (χ1) is 11.8. The van der Waals surface area contributed by atoms with E-state index in [1.165, 1.54) is 0 Å². The molecule has 3 rings (SSSR count). The molecule has 0 radical (unpaired) electrons. The summed E-state index contributed by atoms with van der Waals surface area (Å²) in [6.45, 7) is 2.93. The maximum absolute atomic E-state index is 11.9. The van der Waals surface area contributed by atoms with Crippen LogP contribution in [0, 0.1) is 0 Å². The molecule has 0 fully saturated rings. The number of aromatic nitrogens is 2. The predicted molar refractivity (Wildman–Crippen MR) is 90.1 cm³/mol. The zero-order valence-corrected chi connectivity index (χ0v) is 13.4. The van der Waals surface area contributed by atoms with Crippen molar-refractivity contribution in [3.05, 3.63) is 60.4 Å². The third kappa shape index (κ3) is 3.84. The first kappa shape index (κ1) is 15.9. The highest BCUT2D eigenvalue weighted by atomic mass is 16.5. The fourth-order valence-electron chi connectivity index (χ4n) is 2.32. The van der Waals surface area contributed by atoms with Crippen molar-refractivity contribution in [1.82, 2.24) is 14.9 Å². The van der Waals surface area contributed by atoms with Gasteiger partial charge >= 0.3 is 0 Å². The number of fused-ring (bicyclic) bond motifs is 1. The van der Waals surface area contributed by atoms with Crippen LogP contribution in [0.25, 0.3) is 5.52 Å². The number of benzene rings is 1. The summed E-state index contributed by atoms with van der Waals surface area (Å²) in [4.78, 5) is 11.9. The Labute approximate surface area is 140 Å². The smallest absolute Gasteiger partial charge is 0.258 e. The molecule has 0 aliphatic heterocycles. The molecule has 124 valence electrons. The highest BCUT2D eigenvalue weighted by Gasteiger charge is 2.07. The van der Waals surface area contributed by atoms with E-state index in [0.29, 0.717) is 18.9 Å². The largest absolute Gasteiger partial charge is 0.494 e. The molecule has 0 aliphatic carbocycles. The van der Waals surface area contributed by atoms with Gasteiger partial charge in [0.15, 0.2) is 6.61 Å². The lowest BCUT2D eigenvalue weighted by atomic mass is 10.2. The van der Waals surface area contributed by atoms with Gasteiger partial charge < -0.3 is 14.8 Å². The highest BCUT2D eigenvalue weighted by molar-refractivity contribution is 5.77. The summed E-state index contributed by atoms with van der Waals surface area (Å²) in [5, 5.41) is 7.07. The molecule has 3 aromatic rings. The average Bonchev–Trinajstić information content (AvgIpc) is 3.03. The summed E-state index contributed by atoms with van der Waals surface area (Å²) in [6, 6.07) is 13.0. The molecular weight excluding hydrogens is 306 g/mol. The normalized spacial score (nSPS) is 10.5. The van der Waals surface area contributed by atoms with Gasteiger partial charge in [-0.2, -0.15) is 5.10 Å². The lowest BCUT2D eigenvalue weighted by molar-refractivity contribution is -0.123. The molecular formula is C18H19N3O3. The predicted octanol–water partition coefficient (Wildman–Crippen LogP) is 2.43. The van der Waals surface area contributed by atoms with Crippen molar-refractivity contribution < 1.29 is 14.3 Å². The SMILES string of the molecule is CCOc1ccc(OCC(=O)NCc2cnn3ccccc23)cc1. The van der Waals surface area contributed by atoms with Crippen LogP contribution in [0.5, 0.6) is 11.5 Å². The molecule has 1 N–H and O–H groups in total. The standard InChI is InChI=1S/C18H19N3O3/c1-2-23-15-6-8-16(9-7-15)24-13-18(22)19-11-14-12-20-21-10-4-3-5-17(14)21/h3-10,12H,2,11,13H2,1H3,(H,19,22). The summed E-state index contributed by atoms with van der Waals surface area (Å²) >= 11 is 0. The van der Waals surface area contributed by atoms with Crippen molar-refractivity contribution in [1.29, 1.82) is 0 Å². The van der Waals surface area contributed by atoms with Crippen molar-refractivity contribution in [3.63, 3.8) is 0 Å². The van der Waals surface area contributed by atoms with Gasteiger partial charge in [-0.25, -0.2) is 4.52 Å². The third-order valence-corrected chi connectivity index (χ3v) is 3.49. The molecule has 0 spiro atoms. The lowest BCUT2D eigenvalue weighted by Gasteiger charge is -2.08. The van der Waals surface area contributed by atoms with Crippen molar-refractivity contribution in [2.45, 2.75) is 13.5 Å². The van der Waals surface area contributed by atoms with Gasteiger partial charge in [-0.3, -0.25) is 4.79 Å². The summed E-state index contributed by atoms with van der Waals surface area (Å²) in [5.74, 6) is 1.23. The van der Waals surface area contributed by atoms with Gasteiger partial charge in [0, 0.05) is 18.3 Å². The average molecular weight is 325 g/mol. The van der Waals surface area contributed by atoms with Crippen LogP contribution < -0.4 is 14.8 Å². The van der Waals surface area contributed by atoms with Gasteiger partial charge in [0.05, 0.1) is 18.3 Å². The maximum Gasteiger partial charge on any atom is 0.258 e. The molecule has 1 amide bonds. The molecule has 0 saturated heterocycles. The number of hydrogen-bond acceptors (Lipinski definition) is 4. The van der Waals surface area contributed by atoms with E-state index in [9.17, 15) is 4.79 Å². The molecule has 1 aromatic carbocycles. The van der Waals surface area contributed by atoms with Gasteiger partial charge in [0.1, 0.15) is 11.5 Å². The highest BCUT2D eigenvalue weighted by Crippen LogP contribution is 2.17. The van der Waals surface area contributed by atoms with Crippen LogP contribution in [-0.4, -0.2) is 28.7 Å². The number of nitrogens with zero attached hydrogens (tertiary/aromatic N) is 2. The van der Waals surface area contributed by atoms with E-state index in [4.69, 9.17) is 9.47 Å². The van der Waals surface area contributed by atoms with Crippen LogP contribution in [0.15, 0.2) is 54.9 Å². The summed E-state index contributed by atoms with van der Waals surface area (Å²) in [6.07, 6.45) is 3.62. The molecule has 2 aromatic heterocycles. The zero-order chi connectivity index (χ0) is 16.8. The number of rotatable bonds is 7. The fourth-order valence-corrected chi connectivity index (χ4v) is 2.32. The molecule has 0 atom stereocenters. The molecule has 0 unspecified atom stereocenters. The van der Waals surface area contributed by atoms with Crippen LogP contribution >= 0.6 is 0 Å². The van der Waals surface area contributed by atoms with E-state index in [-0.39, 0.29) is 12.5 Å². The number of ether oxygens (including phenoxy) is 2. The quantitative estimate of drug-likeness (QED) is 0.724. The maximum atomic E-state index is 11.9. The first-order valence-electron chi connectivity index (χ1n) is 7.80. The number of pyridine rings is 1. The van der Waals surface area contributed by atoms with Crippen LogP contribution in [-0.2, 0) is 11.3 Å². The Balaban J connectivity index is 1.49. The molecule has 6 heteroatoms.